The summed E-state index contributed by atoms with van der Waals surface area (Å²) in [6.45, 7) is 0. The fourth-order valence-electron chi connectivity index (χ4n) is 1.35. The van der Waals surface area contributed by atoms with E-state index in [0.717, 1.165) is 0 Å². The highest BCUT2D eigenvalue weighted by atomic mass is 15.3. The number of nitrogen functional groups attached to an aromatic ring is 1. The van der Waals surface area contributed by atoms with Gasteiger partial charge in [0.2, 0.25) is 17.8 Å². The number of nitrogens with zero attached hydrogens (tertiary/aromatic N) is 5. The summed E-state index contributed by atoms with van der Waals surface area (Å²) in [5.74, 6) is 1.54. The van der Waals surface area contributed by atoms with Crippen LogP contribution in [0.15, 0.2) is 0 Å². The summed E-state index contributed by atoms with van der Waals surface area (Å²) >= 11 is 0. The van der Waals surface area contributed by atoms with Crippen LogP contribution in [0.25, 0.3) is 0 Å². The van der Waals surface area contributed by atoms with Crippen molar-refractivity contribution in [3.8, 4) is 0 Å². The summed E-state index contributed by atoms with van der Waals surface area (Å²) < 4.78 is 0. The van der Waals surface area contributed by atoms with E-state index in [-0.39, 0.29) is 5.95 Å². The van der Waals surface area contributed by atoms with E-state index in [2.05, 4.69) is 19.9 Å². The molecule has 1 heterocycles. The van der Waals surface area contributed by atoms with Gasteiger partial charge in [-0.15, -0.1) is 0 Å². The molecule has 0 unspecified atom stereocenters. The van der Waals surface area contributed by atoms with Crippen LogP contribution in [0.3, 0.4) is 0 Å². The van der Waals surface area contributed by atoms with E-state index in [1.54, 1.807) is 0 Å². The van der Waals surface area contributed by atoms with Crippen molar-refractivity contribution in [1.82, 2.24) is 15.0 Å². The summed E-state index contributed by atoms with van der Waals surface area (Å²) in [4.78, 5) is 16.4. The van der Waals surface area contributed by atoms with Crippen LogP contribution in [0.4, 0.5) is 17.8 Å². The summed E-state index contributed by atoms with van der Waals surface area (Å²) in [6.07, 6.45) is 2.42. The topological polar surface area (TPSA) is 71.2 Å². The van der Waals surface area contributed by atoms with Crippen molar-refractivity contribution >= 4 is 17.8 Å². The molecule has 15 heavy (non-hydrogen) atoms. The van der Waals surface area contributed by atoms with Crippen molar-refractivity contribution in [2.75, 3.05) is 36.7 Å². The van der Waals surface area contributed by atoms with Crippen molar-refractivity contribution in [3.63, 3.8) is 0 Å². The van der Waals surface area contributed by atoms with Gasteiger partial charge >= 0.3 is 0 Å². The Balaban J connectivity index is 2.29. The predicted octanol–water partition coefficient (Wildman–Crippen LogP) is 0.118. The van der Waals surface area contributed by atoms with Gasteiger partial charge in [-0.25, -0.2) is 0 Å². The lowest BCUT2D eigenvalue weighted by molar-refractivity contribution is 0.842. The van der Waals surface area contributed by atoms with Gasteiger partial charge in [-0.3, -0.25) is 0 Å². The molecule has 1 aromatic rings. The highest BCUT2D eigenvalue weighted by Crippen LogP contribution is 2.28. The molecule has 2 rings (SSSR count). The smallest absolute Gasteiger partial charge is 0.231 e. The second-order valence-corrected chi connectivity index (χ2v) is 4.03. The maximum atomic E-state index is 5.64. The third-order valence-electron chi connectivity index (χ3n) is 2.44. The van der Waals surface area contributed by atoms with E-state index in [0.29, 0.717) is 17.9 Å². The number of hydrogen-bond acceptors (Lipinski definition) is 6. The van der Waals surface area contributed by atoms with Crippen molar-refractivity contribution in [2.45, 2.75) is 18.9 Å². The molecule has 1 aliphatic rings. The van der Waals surface area contributed by atoms with Crippen LogP contribution in [0.1, 0.15) is 12.8 Å². The fraction of sp³-hybridized carbons (Fsp3) is 0.667. The normalized spacial score (nSPS) is 15.1. The molecule has 0 radical (unpaired) electrons. The van der Waals surface area contributed by atoms with Gasteiger partial charge in [0.25, 0.3) is 0 Å². The molecule has 0 amide bonds. The maximum absolute atomic E-state index is 5.64. The van der Waals surface area contributed by atoms with E-state index >= 15 is 0 Å². The zero-order chi connectivity index (χ0) is 11.0. The van der Waals surface area contributed by atoms with Gasteiger partial charge in [-0.05, 0) is 12.8 Å². The molecule has 0 spiro atoms. The van der Waals surface area contributed by atoms with Crippen molar-refractivity contribution in [1.29, 1.82) is 0 Å². The third kappa shape index (κ3) is 2.08. The van der Waals surface area contributed by atoms with Crippen molar-refractivity contribution in [3.05, 3.63) is 0 Å². The molecule has 0 saturated heterocycles. The average Bonchev–Trinajstić information content (AvgIpc) is 2.98. The van der Waals surface area contributed by atoms with Gasteiger partial charge in [-0.1, -0.05) is 0 Å². The number of aromatic nitrogens is 3. The highest BCUT2D eigenvalue weighted by Gasteiger charge is 2.28. The van der Waals surface area contributed by atoms with Gasteiger partial charge in [0.15, 0.2) is 0 Å². The van der Waals surface area contributed by atoms with E-state index in [1.165, 1.54) is 12.8 Å². The lowest BCUT2D eigenvalue weighted by Crippen LogP contribution is -2.24. The minimum Gasteiger partial charge on any atom is -0.368 e. The molecule has 0 aromatic carbocycles. The third-order valence-corrected chi connectivity index (χ3v) is 2.44. The van der Waals surface area contributed by atoms with Crippen LogP contribution in [0.2, 0.25) is 0 Å². The van der Waals surface area contributed by atoms with E-state index in [1.807, 2.05) is 26.0 Å². The molecule has 1 saturated carbocycles. The van der Waals surface area contributed by atoms with Gasteiger partial charge in [-0.2, -0.15) is 15.0 Å². The number of rotatable bonds is 3. The van der Waals surface area contributed by atoms with Gasteiger partial charge in [0.05, 0.1) is 0 Å². The van der Waals surface area contributed by atoms with E-state index in [4.69, 9.17) is 5.73 Å². The van der Waals surface area contributed by atoms with E-state index in [9.17, 15) is 0 Å². The Labute approximate surface area is 89.1 Å². The largest absolute Gasteiger partial charge is 0.368 e. The molecule has 0 aliphatic heterocycles. The lowest BCUT2D eigenvalue weighted by atomic mass is 10.6. The lowest BCUT2D eigenvalue weighted by Gasteiger charge is -2.18. The SMILES string of the molecule is CN(C)c1nc(N)nc(N(C)C2CC2)n1. The average molecular weight is 208 g/mol. The molecule has 6 heteroatoms. The molecule has 82 valence electrons. The Bertz CT molecular complexity index is 360. The van der Waals surface area contributed by atoms with Crippen LogP contribution in [-0.2, 0) is 0 Å². The molecule has 0 atom stereocenters. The molecular weight excluding hydrogens is 192 g/mol. The van der Waals surface area contributed by atoms with Crippen molar-refractivity contribution < 1.29 is 0 Å². The van der Waals surface area contributed by atoms with Crippen molar-refractivity contribution in [2.24, 2.45) is 0 Å². The molecular formula is C9H16N6. The monoisotopic (exact) mass is 208 g/mol. The molecule has 1 aliphatic carbocycles. The minimum atomic E-state index is 0.274. The molecule has 1 aromatic heterocycles. The maximum Gasteiger partial charge on any atom is 0.231 e. The number of anilines is 3. The van der Waals surface area contributed by atoms with Crippen LogP contribution in [0, 0.1) is 0 Å². The molecule has 1 fully saturated rings. The predicted molar refractivity (Wildman–Crippen MR) is 60.0 cm³/mol. The first kappa shape index (κ1) is 9.95. The number of hydrogen-bond donors (Lipinski definition) is 1. The zero-order valence-electron chi connectivity index (χ0n) is 9.30. The van der Waals surface area contributed by atoms with Gasteiger partial charge < -0.3 is 15.5 Å². The van der Waals surface area contributed by atoms with Crippen LogP contribution in [-0.4, -0.2) is 42.1 Å². The second kappa shape index (κ2) is 3.52. The first-order valence-corrected chi connectivity index (χ1v) is 4.99. The highest BCUT2D eigenvalue weighted by molar-refractivity contribution is 5.43. The Morgan fingerprint density at radius 2 is 1.67 bits per heavy atom. The second-order valence-electron chi connectivity index (χ2n) is 4.03. The van der Waals surface area contributed by atoms with Crippen LogP contribution in [0.5, 0.6) is 0 Å². The Kier molecular flexibility index (Phi) is 2.34. The summed E-state index contributed by atoms with van der Waals surface area (Å²) in [7, 11) is 5.76. The van der Waals surface area contributed by atoms with Gasteiger partial charge in [0, 0.05) is 27.2 Å². The quantitative estimate of drug-likeness (QED) is 0.760. The molecule has 0 bridgehead atoms. The standard InChI is InChI=1S/C9H16N6/c1-14(2)8-11-7(10)12-9(13-8)15(3)6-4-5-6/h6H,4-5H2,1-3H3,(H2,10,11,12,13). The first-order chi connectivity index (χ1) is 7.08. The van der Waals surface area contributed by atoms with Crippen LogP contribution < -0.4 is 15.5 Å². The fourth-order valence-corrected chi connectivity index (χ4v) is 1.35. The molecule has 6 nitrogen and oxygen atoms in total. The number of nitrogens with two attached hydrogens (primary N) is 1. The minimum absolute atomic E-state index is 0.274. The van der Waals surface area contributed by atoms with E-state index < -0.39 is 0 Å². The molecule has 2 N–H and O–H groups in total. The van der Waals surface area contributed by atoms with Gasteiger partial charge in [0.1, 0.15) is 0 Å². The van der Waals surface area contributed by atoms with Crippen LogP contribution >= 0.6 is 0 Å². The summed E-state index contributed by atoms with van der Waals surface area (Å²) in [6, 6.07) is 0.571. The first-order valence-electron chi connectivity index (χ1n) is 4.99. The Morgan fingerprint density at radius 3 is 2.20 bits per heavy atom. The summed E-state index contributed by atoms with van der Waals surface area (Å²) in [5, 5.41) is 0. The summed E-state index contributed by atoms with van der Waals surface area (Å²) in [5.41, 5.74) is 5.64. The Hall–Kier alpha value is -1.59. The zero-order valence-corrected chi connectivity index (χ0v) is 9.30. The Morgan fingerprint density at radius 1 is 1.07 bits per heavy atom.